The van der Waals surface area contributed by atoms with Gasteiger partial charge in [0.1, 0.15) is 18.1 Å². The fourth-order valence-corrected chi connectivity index (χ4v) is 2.92. The van der Waals surface area contributed by atoms with Crippen molar-refractivity contribution < 1.29 is 48.9 Å². The molecule has 0 aliphatic carbocycles. The Morgan fingerprint density at radius 3 is 1.72 bits per heavy atom. The maximum Gasteiger partial charge on any atom is 0.326 e. The van der Waals surface area contributed by atoms with Gasteiger partial charge >= 0.3 is 17.9 Å². The number of carboxylic acids is 3. The molecule has 4 amide bonds. The van der Waals surface area contributed by atoms with Gasteiger partial charge in [0.25, 0.3) is 0 Å². The first-order valence-corrected chi connectivity index (χ1v) is 11.1. The van der Waals surface area contributed by atoms with Gasteiger partial charge in [0.05, 0.1) is 12.5 Å². The van der Waals surface area contributed by atoms with E-state index in [0.29, 0.717) is 12.8 Å². The Morgan fingerprint density at radius 1 is 0.667 bits per heavy atom. The van der Waals surface area contributed by atoms with Gasteiger partial charge in [-0.3, -0.25) is 28.8 Å². The number of carbonyl (C=O) groups is 7. The van der Waals surface area contributed by atoms with Gasteiger partial charge < -0.3 is 48.5 Å². The molecule has 204 valence electrons. The van der Waals surface area contributed by atoms with E-state index in [4.69, 9.17) is 27.4 Å². The van der Waals surface area contributed by atoms with Crippen molar-refractivity contribution in [3.05, 3.63) is 0 Å². The fraction of sp³-hybridized carbons (Fsp3) is 0.650. The van der Waals surface area contributed by atoms with Gasteiger partial charge in [-0.2, -0.15) is 0 Å². The second-order valence-electron chi connectivity index (χ2n) is 7.95. The van der Waals surface area contributed by atoms with Crippen LogP contribution in [-0.4, -0.2) is 87.6 Å². The summed E-state index contributed by atoms with van der Waals surface area (Å²) in [7, 11) is 0. The highest BCUT2D eigenvalue weighted by atomic mass is 16.4. The maximum absolute atomic E-state index is 12.8. The lowest BCUT2D eigenvalue weighted by Gasteiger charge is -2.24. The Labute approximate surface area is 206 Å². The van der Waals surface area contributed by atoms with Gasteiger partial charge in [-0.15, -0.1) is 0 Å². The van der Waals surface area contributed by atoms with Gasteiger partial charge in [-0.1, -0.05) is 0 Å². The monoisotopic (exact) mass is 518 g/mol. The highest BCUT2D eigenvalue weighted by Crippen LogP contribution is 2.06. The highest BCUT2D eigenvalue weighted by Gasteiger charge is 2.31. The third-order valence-corrected chi connectivity index (χ3v) is 4.89. The van der Waals surface area contributed by atoms with Crippen molar-refractivity contribution in [3.8, 4) is 0 Å². The van der Waals surface area contributed by atoms with E-state index >= 15 is 0 Å². The average Bonchev–Trinajstić information content (AvgIpc) is 2.77. The number of aliphatic carboxylic acids is 3. The molecule has 12 N–H and O–H groups in total. The molecule has 0 bridgehead atoms. The van der Waals surface area contributed by atoms with Crippen LogP contribution in [0.3, 0.4) is 0 Å². The summed E-state index contributed by atoms with van der Waals surface area (Å²) < 4.78 is 0. The van der Waals surface area contributed by atoms with Crippen molar-refractivity contribution in [1.82, 2.24) is 16.0 Å². The minimum absolute atomic E-state index is 0.00277. The molecule has 4 atom stereocenters. The van der Waals surface area contributed by atoms with Crippen LogP contribution in [0.1, 0.15) is 51.4 Å². The van der Waals surface area contributed by atoms with Gasteiger partial charge in [0, 0.05) is 12.8 Å². The summed E-state index contributed by atoms with van der Waals surface area (Å²) in [5.74, 6) is -7.85. The number of nitrogens with one attached hydrogen (secondary N) is 3. The minimum Gasteiger partial charge on any atom is -0.481 e. The fourth-order valence-electron chi connectivity index (χ4n) is 2.92. The summed E-state index contributed by atoms with van der Waals surface area (Å²) in [6.07, 6.45) is -1.41. The van der Waals surface area contributed by atoms with Crippen LogP contribution in [-0.2, 0) is 33.6 Å². The second kappa shape index (κ2) is 16.8. The van der Waals surface area contributed by atoms with E-state index in [1.165, 1.54) is 0 Å². The topological polar surface area (TPSA) is 294 Å². The standard InChI is InChI=1S/C20H34N6O10/c21-8-2-1-3-11(18(33)25-12(20(35)36)5-6-14(23)27)24-19(34)13(9-16(30)31)26-17(32)10(22)4-7-15(28)29/h10-13H,1-9,21-22H2,(H2,23,27)(H,24,34)(H,25,33)(H,26,32)(H,28,29)(H,30,31)(H,35,36). The van der Waals surface area contributed by atoms with Crippen molar-refractivity contribution in [2.45, 2.75) is 75.5 Å². The molecule has 0 aliphatic heterocycles. The molecule has 4 unspecified atom stereocenters. The molecule has 0 aliphatic rings. The van der Waals surface area contributed by atoms with Crippen LogP contribution in [0, 0.1) is 0 Å². The maximum atomic E-state index is 12.8. The zero-order chi connectivity index (χ0) is 27.8. The summed E-state index contributed by atoms with van der Waals surface area (Å²) in [5, 5.41) is 33.7. The van der Waals surface area contributed by atoms with Gasteiger partial charge in [0.15, 0.2) is 0 Å². The summed E-state index contributed by atoms with van der Waals surface area (Å²) in [6.45, 7) is 0.268. The molecular weight excluding hydrogens is 484 g/mol. The number of amides is 4. The van der Waals surface area contributed by atoms with Crippen molar-refractivity contribution in [3.63, 3.8) is 0 Å². The molecule has 0 radical (unpaired) electrons. The number of hydrogen-bond donors (Lipinski definition) is 9. The molecule has 0 saturated heterocycles. The molecule has 0 rings (SSSR count). The zero-order valence-electron chi connectivity index (χ0n) is 19.6. The molecule has 36 heavy (non-hydrogen) atoms. The van der Waals surface area contributed by atoms with Crippen molar-refractivity contribution in [1.29, 1.82) is 0 Å². The van der Waals surface area contributed by atoms with E-state index in [9.17, 15) is 38.7 Å². The lowest BCUT2D eigenvalue weighted by molar-refractivity contribution is -0.143. The predicted octanol–water partition coefficient (Wildman–Crippen LogP) is -3.41. The Bertz CT molecular complexity index is 821. The van der Waals surface area contributed by atoms with Crippen LogP contribution in [0.2, 0.25) is 0 Å². The van der Waals surface area contributed by atoms with Crippen molar-refractivity contribution in [2.24, 2.45) is 17.2 Å². The molecule has 16 heteroatoms. The summed E-state index contributed by atoms with van der Waals surface area (Å²) >= 11 is 0. The summed E-state index contributed by atoms with van der Waals surface area (Å²) in [6, 6.07) is -5.81. The van der Waals surface area contributed by atoms with Crippen LogP contribution >= 0.6 is 0 Å². The first-order valence-electron chi connectivity index (χ1n) is 11.1. The molecule has 0 heterocycles. The molecule has 0 aromatic carbocycles. The normalized spacial score (nSPS) is 13.9. The predicted molar refractivity (Wildman–Crippen MR) is 122 cm³/mol. The molecule has 0 spiro atoms. The summed E-state index contributed by atoms with van der Waals surface area (Å²) in [4.78, 5) is 82.0. The quantitative estimate of drug-likeness (QED) is 0.0755. The smallest absolute Gasteiger partial charge is 0.326 e. The van der Waals surface area contributed by atoms with Gasteiger partial charge in [-0.25, -0.2) is 4.79 Å². The SMILES string of the molecule is NCCCCC(NC(=O)C(CC(=O)O)NC(=O)C(N)CCC(=O)O)C(=O)NC(CCC(N)=O)C(=O)O. The van der Waals surface area contributed by atoms with E-state index in [2.05, 4.69) is 16.0 Å². The Hall–Kier alpha value is -3.79. The molecular formula is C20H34N6O10. The number of primary amides is 1. The van der Waals surface area contributed by atoms with E-state index in [1.54, 1.807) is 0 Å². The van der Waals surface area contributed by atoms with Crippen LogP contribution in [0.15, 0.2) is 0 Å². The zero-order valence-corrected chi connectivity index (χ0v) is 19.6. The van der Waals surface area contributed by atoms with Crippen molar-refractivity contribution >= 4 is 41.5 Å². The Kier molecular flexibility index (Phi) is 15.0. The third kappa shape index (κ3) is 13.8. The largest absolute Gasteiger partial charge is 0.481 e. The molecule has 0 saturated carbocycles. The number of hydrogen-bond acceptors (Lipinski definition) is 9. The number of nitrogens with two attached hydrogens (primary N) is 3. The first-order chi connectivity index (χ1) is 16.8. The first kappa shape index (κ1) is 32.2. The lowest BCUT2D eigenvalue weighted by atomic mass is 10.0. The molecule has 0 aromatic heterocycles. The number of unbranched alkanes of at least 4 members (excludes halogenated alkanes) is 1. The molecule has 0 fully saturated rings. The number of rotatable bonds is 19. The molecule has 0 aromatic rings. The summed E-state index contributed by atoms with van der Waals surface area (Å²) in [5.41, 5.74) is 16.0. The van der Waals surface area contributed by atoms with Crippen LogP contribution in [0.5, 0.6) is 0 Å². The van der Waals surface area contributed by atoms with Gasteiger partial charge in [0.2, 0.25) is 23.6 Å². The van der Waals surface area contributed by atoms with Crippen LogP contribution in [0.25, 0.3) is 0 Å². The average molecular weight is 519 g/mol. The van der Waals surface area contributed by atoms with E-state index in [-0.39, 0.29) is 32.2 Å². The van der Waals surface area contributed by atoms with Gasteiger partial charge in [-0.05, 0) is 38.6 Å². The van der Waals surface area contributed by atoms with Crippen molar-refractivity contribution in [2.75, 3.05) is 6.54 Å². The Balaban J connectivity index is 5.53. The Morgan fingerprint density at radius 2 is 1.22 bits per heavy atom. The lowest BCUT2D eigenvalue weighted by Crippen LogP contribution is -2.57. The van der Waals surface area contributed by atoms with Crippen LogP contribution < -0.4 is 33.2 Å². The number of carboxylic acid groups (broad SMARTS) is 3. The van der Waals surface area contributed by atoms with E-state index in [0.717, 1.165) is 0 Å². The third-order valence-electron chi connectivity index (χ3n) is 4.89. The highest BCUT2D eigenvalue weighted by molar-refractivity contribution is 5.95. The molecule has 16 nitrogen and oxygen atoms in total. The minimum atomic E-state index is -1.67. The number of carbonyl (C=O) groups excluding carboxylic acids is 4. The van der Waals surface area contributed by atoms with Crippen LogP contribution in [0.4, 0.5) is 0 Å². The second-order valence-corrected chi connectivity index (χ2v) is 7.95. The van der Waals surface area contributed by atoms with E-state index < -0.39 is 78.5 Å². The van der Waals surface area contributed by atoms with E-state index in [1.807, 2.05) is 0 Å².